The maximum absolute atomic E-state index is 9.67. The molecule has 6 heteroatoms. The van der Waals surface area contributed by atoms with E-state index >= 15 is 0 Å². The van der Waals surface area contributed by atoms with Gasteiger partial charge in [-0.2, -0.15) is 0 Å². The highest BCUT2D eigenvalue weighted by Crippen LogP contribution is 2.19. The van der Waals surface area contributed by atoms with Crippen LogP contribution in [0, 0.1) is 5.92 Å². The third-order valence-corrected chi connectivity index (χ3v) is 4.65. The Bertz CT molecular complexity index is 357. The summed E-state index contributed by atoms with van der Waals surface area (Å²) in [6.45, 7) is 12.7. The molecule has 0 saturated carbocycles. The molecule has 2 aliphatic rings. The largest absolute Gasteiger partial charge is 0.393 e. The monoisotopic (exact) mass is 438 g/mol. The van der Waals surface area contributed by atoms with Crippen molar-refractivity contribution in [1.82, 2.24) is 15.1 Å². The third kappa shape index (κ3) is 6.74. The van der Waals surface area contributed by atoms with Crippen molar-refractivity contribution in [3.63, 3.8) is 0 Å². The Labute approximate surface area is 158 Å². The van der Waals surface area contributed by atoms with Crippen LogP contribution in [0.2, 0.25) is 0 Å². The topological polar surface area (TPSA) is 51.1 Å². The average molecular weight is 438 g/mol. The lowest BCUT2D eigenvalue weighted by Gasteiger charge is -2.33. The third-order valence-electron chi connectivity index (χ3n) is 4.65. The number of aliphatic hydroxyl groups excluding tert-OH is 1. The molecule has 0 unspecified atom stereocenters. The molecule has 0 amide bonds. The van der Waals surface area contributed by atoms with Gasteiger partial charge in [-0.05, 0) is 45.1 Å². The van der Waals surface area contributed by atoms with E-state index in [4.69, 9.17) is 4.99 Å². The fraction of sp³-hybridized carbons (Fsp3) is 0.941. The van der Waals surface area contributed by atoms with E-state index in [0.29, 0.717) is 6.04 Å². The maximum atomic E-state index is 9.67. The minimum Gasteiger partial charge on any atom is -0.393 e. The van der Waals surface area contributed by atoms with Gasteiger partial charge in [-0.15, -0.1) is 24.0 Å². The maximum Gasteiger partial charge on any atom is 0.193 e. The first-order chi connectivity index (χ1) is 10.6. The fourth-order valence-corrected chi connectivity index (χ4v) is 3.51. The summed E-state index contributed by atoms with van der Waals surface area (Å²) in [4.78, 5) is 9.82. The molecule has 2 rings (SSSR count). The molecule has 2 saturated heterocycles. The number of hydrogen-bond acceptors (Lipinski definition) is 3. The highest BCUT2D eigenvalue weighted by molar-refractivity contribution is 14.0. The molecular formula is C17H35IN4O. The van der Waals surface area contributed by atoms with Crippen LogP contribution >= 0.6 is 24.0 Å². The van der Waals surface area contributed by atoms with Gasteiger partial charge >= 0.3 is 0 Å². The highest BCUT2D eigenvalue weighted by Gasteiger charge is 2.25. The van der Waals surface area contributed by atoms with Crippen LogP contribution in [0.15, 0.2) is 4.99 Å². The van der Waals surface area contributed by atoms with Crippen LogP contribution in [0.25, 0.3) is 0 Å². The number of aliphatic hydroxyl groups is 1. The lowest BCUT2D eigenvalue weighted by molar-refractivity contribution is 0.108. The van der Waals surface area contributed by atoms with Crippen molar-refractivity contribution in [2.24, 2.45) is 10.9 Å². The van der Waals surface area contributed by atoms with E-state index in [1.54, 1.807) is 0 Å². The molecule has 5 nitrogen and oxygen atoms in total. The number of likely N-dealkylation sites (tertiary alicyclic amines) is 2. The fourth-order valence-electron chi connectivity index (χ4n) is 3.51. The Kier molecular flexibility index (Phi) is 9.77. The minimum atomic E-state index is -0.129. The molecule has 2 heterocycles. The van der Waals surface area contributed by atoms with Crippen LogP contribution in [0.4, 0.5) is 0 Å². The molecule has 2 fully saturated rings. The number of nitrogens with one attached hydrogen (secondary N) is 1. The Hall–Kier alpha value is -0.0800. The number of rotatable bonds is 5. The van der Waals surface area contributed by atoms with Gasteiger partial charge in [-0.25, -0.2) is 0 Å². The van der Waals surface area contributed by atoms with Crippen molar-refractivity contribution in [3.8, 4) is 0 Å². The number of halogens is 1. The van der Waals surface area contributed by atoms with Crippen LogP contribution < -0.4 is 5.32 Å². The number of nitrogens with zero attached hydrogens (tertiary/aromatic N) is 3. The van der Waals surface area contributed by atoms with Crippen LogP contribution in [-0.2, 0) is 0 Å². The Morgan fingerprint density at radius 2 is 1.91 bits per heavy atom. The second kappa shape index (κ2) is 10.7. The number of hydrogen-bond donors (Lipinski definition) is 2. The normalized spacial score (nSPS) is 24.1. The van der Waals surface area contributed by atoms with Crippen molar-refractivity contribution in [2.45, 2.75) is 58.6 Å². The summed E-state index contributed by atoms with van der Waals surface area (Å²) in [5, 5.41) is 13.1. The van der Waals surface area contributed by atoms with Gasteiger partial charge in [0.15, 0.2) is 5.96 Å². The summed E-state index contributed by atoms with van der Waals surface area (Å²) in [5.41, 5.74) is 0. The van der Waals surface area contributed by atoms with E-state index in [1.807, 2.05) is 0 Å². The van der Waals surface area contributed by atoms with Gasteiger partial charge < -0.3 is 15.3 Å². The van der Waals surface area contributed by atoms with E-state index in [-0.39, 0.29) is 30.1 Å². The van der Waals surface area contributed by atoms with Gasteiger partial charge in [0.2, 0.25) is 0 Å². The predicted molar refractivity (Wildman–Crippen MR) is 108 cm³/mol. The molecule has 23 heavy (non-hydrogen) atoms. The molecule has 2 N–H and O–H groups in total. The van der Waals surface area contributed by atoms with E-state index < -0.39 is 0 Å². The van der Waals surface area contributed by atoms with Crippen molar-refractivity contribution in [1.29, 1.82) is 0 Å². The van der Waals surface area contributed by atoms with Gasteiger partial charge in [-0.1, -0.05) is 13.8 Å². The van der Waals surface area contributed by atoms with Gasteiger partial charge in [0, 0.05) is 32.2 Å². The smallest absolute Gasteiger partial charge is 0.193 e. The van der Waals surface area contributed by atoms with Crippen LogP contribution in [-0.4, -0.2) is 72.3 Å². The first-order valence-electron chi connectivity index (χ1n) is 9.05. The molecule has 0 aromatic rings. The number of aliphatic imine (C=N–C) groups is 1. The average Bonchev–Trinajstić information content (AvgIpc) is 2.91. The highest BCUT2D eigenvalue weighted by atomic mass is 127. The number of piperidine rings is 1. The molecular weight excluding hydrogens is 403 g/mol. The lowest BCUT2D eigenvalue weighted by atomic mass is 10.1. The van der Waals surface area contributed by atoms with Gasteiger partial charge in [0.1, 0.15) is 0 Å². The van der Waals surface area contributed by atoms with E-state index in [0.717, 1.165) is 50.9 Å². The summed E-state index contributed by atoms with van der Waals surface area (Å²) < 4.78 is 0. The Balaban J connectivity index is 0.00000264. The second-order valence-electron chi connectivity index (χ2n) is 7.10. The SMILES string of the molecule is CCNC(=NC[C@H]1CCCN1CC(C)C)N1CCC(O)CC1.I. The Morgan fingerprint density at radius 1 is 1.22 bits per heavy atom. The Morgan fingerprint density at radius 3 is 2.52 bits per heavy atom. The summed E-state index contributed by atoms with van der Waals surface area (Å²) >= 11 is 0. The van der Waals surface area contributed by atoms with Crippen LogP contribution in [0.5, 0.6) is 0 Å². The van der Waals surface area contributed by atoms with Crippen molar-refractivity contribution >= 4 is 29.9 Å². The molecule has 0 spiro atoms. The van der Waals surface area contributed by atoms with Gasteiger partial charge in [0.25, 0.3) is 0 Å². The zero-order chi connectivity index (χ0) is 15.9. The molecule has 136 valence electrons. The molecule has 0 radical (unpaired) electrons. The van der Waals surface area contributed by atoms with Gasteiger partial charge in [0.05, 0.1) is 12.6 Å². The molecule has 0 aliphatic carbocycles. The van der Waals surface area contributed by atoms with E-state index in [9.17, 15) is 5.11 Å². The quantitative estimate of drug-likeness (QED) is 0.393. The first-order valence-corrected chi connectivity index (χ1v) is 9.05. The molecule has 0 aromatic heterocycles. The van der Waals surface area contributed by atoms with Crippen molar-refractivity contribution in [2.75, 3.05) is 39.3 Å². The van der Waals surface area contributed by atoms with E-state index in [1.165, 1.54) is 25.9 Å². The first kappa shape index (κ1) is 21.0. The molecule has 1 atom stereocenters. The van der Waals surface area contributed by atoms with E-state index in [2.05, 4.69) is 35.9 Å². The predicted octanol–water partition coefficient (Wildman–Crippen LogP) is 2.15. The summed E-state index contributed by atoms with van der Waals surface area (Å²) in [6, 6.07) is 0.603. The summed E-state index contributed by atoms with van der Waals surface area (Å²) in [6.07, 6.45) is 4.16. The van der Waals surface area contributed by atoms with Crippen LogP contribution in [0.1, 0.15) is 46.5 Å². The zero-order valence-electron chi connectivity index (χ0n) is 15.0. The van der Waals surface area contributed by atoms with Gasteiger partial charge in [-0.3, -0.25) is 9.89 Å². The number of guanidine groups is 1. The summed E-state index contributed by atoms with van der Waals surface area (Å²) in [5.74, 6) is 1.76. The molecule has 2 aliphatic heterocycles. The van der Waals surface area contributed by atoms with Crippen molar-refractivity contribution < 1.29 is 5.11 Å². The zero-order valence-corrected chi connectivity index (χ0v) is 17.3. The summed E-state index contributed by atoms with van der Waals surface area (Å²) in [7, 11) is 0. The molecule has 0 aromatic carbocycles. The van der Waals surface area contributed by atoms with Crippen LogP contribution in [0.3, 0.4) is 0 Å². The molecule has 0 bridgehead atoms. The van der Waals surface area contributed by atoms with Crippen molar-refractivity contribution in [3.05, 3.63) is 0 Å². The lowest BCUT2D eigenvalue weighted by Crippen LogP contribution is -2.47. The minimum absolute atomic E-state index is 0. The second-order valence-corrected chi connectivity index (χ2v) is 7.10. The standard InChI is InChI=1S/C17H34N4O.HI/c1-4-18-17(20-10-7-16(22)8-11-20)19-12-15-6-5-9-21(15)13-14(2)3;/h14-16,22H,4-13H2,1-3H3,(H,18,19);1H/t15-;/m1./s1.